The third kappa shape index (κ3) is 2.35. The van der Waals surface area contributed by atoms with Crippen molar-refractivity contribution in [3.05, 3.63) is 50.7 Å². The highest BCUT2D eigenvalue weighted by Gasteiger charge is 2.07. The van der Waals surface area contributed by atoms with Gasteiger partial charge in [-0.05, 0) is 49.0 Å². The second-order valence-corrected chi connectivity index (χ2v) is 6.04. The lowest BCUT2D eigenvalue weighted by molar-refractivity contribution is 0.628. The molecule has 0 atom stereocenters. The molecule has 3 aromatic rings. The summed E-state index contributed by atoms with van der Waals surface area (Å²) in [6.07, 6.45) is 1.04. The van der Waals surface area contributed by atoms with Crippen LogP contribution in [0.2, 0.25) is 0 Å². The summed E-state index contributed by atoms with van der Waals surface area (Å²) >= 11 is 7.10. The predicted molar refractivity (Wildman–Crippen MR) is 79.9 cm³/mol. The third-order valence-electron chi connectivity index (χ3n) is 3.12. The van der Waals surface area contributed by atoms with Crippen LogP contribution in [-0.4, -0.2) is 9.55 Å². The molecule has 0 unspecified atom stereocenters. The first-order valence-corrected chi connectivity index (χ1v) is 7.35. The van der Waals surface area contributed by atoms with Crippen LogP contribution in [-0.2, 0) is 13.0 Å². The zero-order chi connectivity index (χ0) is 13.4. The molecule has 0 saturated carbocycles. The van der Waals surface area contributed by atoms with E-state index in [9.17, 15) is 4.39 Å². The number of thiophene rings is 1. The highest BCUT2D eigenvalue weighted by molar-refractivity contribution is 7.71. The Balaban J connectivity index is 2.06. The molecule has 5 heteroatoms. The normalized spacial score (nSPS) is 11.3. The van der Waals surface area contributed by atoms with Gasteiger partial charge >= 0.3 is 0 Å². The number of halogens is 1. The first kappa shape index (κ1) is 12.6. The maximum absolute atomic E-state index is 13.4. The number of rotatable bonds is 3. The Kier molecular flexibility index (Phi) is 3.24. The van der Waals surface area contributed by atoms with E-state index in [0.717, 1.165) is 17.5 Å². The lowest BCUT2D eigenvalue weighted by Gasteiger charge is -2.02. The summed E-state index contributed by atoms with van der Waals surface area (Å²) in [6, 6.07) is 8.94. The van der Waals surface area contributed by atoms with Crippen LogP contribution in [0.5, 0.6) is 0 Å². The van der Waals surface area contributed by atoms with E-state index in [0.29, 0.717) is 11.3 Å². The fourth-order valence-electron chi connectivity index (χ4n) is 2.14. The molecule has 3 rings (SSSR count). The topological polar surface area (TPSA) is 20.7 Å². The maximum atomic E-state index is 13.4. The number of fused-ring (bicyclic) bond motifs is 1. The van der Waals surface area contributed by atoms with Gasteiger partial charge < -0.3 is 9.55 Å². The van der Waals surface area contributed by atoms with Crippen molar-refractivity contribution in [3.8, 4) is 0 Å². The Morgan fingerprint density at radius 2 is 2.05 bits per heavy atom. The molecule has 98 valence electrons. The molecule has 0 bridgehead atoms. The van der Waals surface area contributed by atoms with Gasteiger partial charge in [-0.25, -0.2) is 4.39 Å². The summed E-state index contributed by atoms with van der Waals surface area (Å²) in [5.41, 5.74) is 1.69. The number of hydrogen-bond donors (Lipinski definition) is 1. The average molecular weight is 292 g/mol. The summed E-state index contributed by atoms with van der Waals surface area (Å²) in [4.78, 5) is 5.70. The summed E-state index contributed by atoms with van der Waals surface area (Å²) in [5, 5.41) is 0. The van der Waals surface area contributed by atoms with E-state index in [4.69, 9.17) is 12.2 Å². The third-order valence-corrected chi connectivity index (χ3v) is 4.65. The van der Waals surface area contributed by atoms with Gasteiger partial charge in [0.25, 0.3) is 0 Å². The zero-order valence-electron chi connectivity index (χ0n) is 10.4. The van der Waals surface area contributed by atoms with Crippen LogP contribution in [0.3, 0.4) is 0 Å². The average Bonchev–Trinajstić information content (AvgIpc) is 2.96. The molecule has 0 aliphatic heterocycles. The van der Waals surface area contributed by atoms with Gasteiger partial charge in [0.1, 0.15) is 5.82 Å². The SMILES string of the molecule is CCc1ccc(Cn2c(=S)[nH]c3ccc(F)cc32)s1. The van der Waals surface area contributed by atoms with Crippen molar-refractivity contribution in [1.82, 2.24) is 9.55 Å². The van der Waals surface area contributed by atoms with Crippen LogP contribution in [0.4, 0.5) is 4.39 Å². The Morgan fingerprint density at radius 1 is 1.26 bits per heavy atom. The molecule has 2 heterocycles. The van der Waals surface area contributed by atoms with Crippen LogP contribution < -0.4 is 0 Å². The van der Waals surface area contributed by atoms with Crippen LogP contribution in [0.25, 0.3) is 11.0 Å². The molecule has 1 N–H and O–H groups in total. The lowest BCUT2D eigenvalue weighted by atomic mass is 10.3. The van der Waals surface area contributed by atoms with E-state index in [1.165, 1.54) is 21.9 Å². The van der Waals surface area contributed by atoms with Crippen LogP contribution in [0, 0.1) is 10.6 Å². The van der Waals surface area contributed by atoms with Gasteiger partial charge in [-0.2, -0.15) is 0 Å². The van der Waals surface area contributed by atoms with Gasteiger partial charge in [-0.15, -0.1) is 11.3 Å². The van der Waals surface area contributed by atoms with Gasteiger partial charge in [0.2, 0.25) is 0 Å². The van der Waals surface area contributed by atoms with Crippen LogP contribution >= 0.6 is 23.6 Å². The summed E-state index contributed by atoms with van der Waals surface area (Å²) in [5.74, 6) is -0.240. The van der Waals surface area contributed by atoms with E-state index >= 15 is 0 Å². The van der Waals surface area contributed by atoms with Crippen molar-refractivity contribution in [2.24, 2.45) is 0 Å². The van der Waals surface area contributed by atoms with Gasteiger partial charge in [-0.3, -0.25) is 0 Å². The number of aryl methyl sites for hydroxylation is 1. The molecule has 0 amide bonds. The second-order valence-electron chi connectivity index (χ2n) is 4.40. The molecule has 0 fully saturated rings. The fourth-order valence-corrected chi connectivity index (χ4v) is 3.36. The summed E-state index contributed by atoms with van der Waals surface area (Å²) < 4.78 is 15.9. The first-order valence-electron chi connectivity index (χ1n) is 6.13. The minimum absolute atomic E-state index is 0.240. The lowest BCUT2D eigenvalue weighted by Crippen LogP contribution is -1.97. The second kappa shape index (κ2) is 4.90. The quantitative estimate of drug-likeness (QED) is 0.704. The number of nitrogens with zero attached hydrogens (tertiary/aromatic N) is 1. The van der Waals surface area contributed by atoms with E-state index in [-0.39, 0.29) is 5.82 Å². The van der Waals surface area contributed by atoms with Gasteiger partial charge in [0.05, 0.1) is 17.6 Å². The van der Waals surface area contributed by atoms with Crippen LogP contribution in [0.15, 0.2) is 30.3 Å². The number of benzene rings is 1. The summed E-state index contributed by atoms with van der Waals surface area (Å²) in [7, 11) is 0. The molecular weight excluding hydrogens is 279 g/mol. The van der Waals surface area contributed by atoms with E-state index < -0.39 is 0 Å². The molecular formula is C14H13FN2S2. The molecule has 19 heavy (non-hydrogen) atoms. The Labute approximate surface area is 119 Å². The van der Waals surface area contributed by atoms with E-state index in [1.807, 2.05) is 4.57 Å². The molecule has 0 aliphatic rings. The number of nitrogens with one attached hydrogen (secondary N) is 1. The van der Waals surface area contributed by atoms with Gasteiger partial charge in [0, 0.05) is 9.75 Å². The zero-order valence-corrected chi connectivity index (χ0v) is 12.1. The standard InChI is InChI=1S/C14H13FN2S2/c1-2-10-4-5-11(19-10)8-17-13-7-9(15)3-6-12(13)16-14(17)18/h3-7H,2,8H2,1H3,(H,16,18). The number of aromatic nitrogens is 2. The predicted octanol–water partition coefficient (Wildman–Crippen LogP) is 4.51. The van der Waals surface area contributed by atoms with Crippen molar-refractivity contribution in [1.29, 1.82) is 0 Å². The minimum Gasteiger partial charge on any atom is -0.331 e. The van der Waals surface area contributed by atoms with Crippen molar-refractivity contribution in [2.75, 3.05) is 0 Å². The monoisotopic (exact) mass is 292 g/mol. The largest absolute Gasteiger partial charge is 0.331 e. The van der Waals surface area contributed by atoms with E-state index in [1.54, 1.807) is 17.4 Å². The number of hydrogen-bond acceptors (Lipinski definition) is 2. The number of H-pyrrole nitrogens is 1. The van der Waals surface area contributed by atoms with Crippen molar-refractivity contribution in [2.45, 2.75) is 19.9 Å². The Hall–Kier alpha value is -1.46. The van der Waals surface area contributed by atoms with Crippen molar-refractivity contribution >= 4 is 34.6 Å². The van der Waals surface area contributed by atoms with Gasteiger partial charge in [0.15, 0.2) is 4.77 Å². The van der Waals surface area contributed by atoms with E-state index in [2.05, 4.69) is 24.0 Å². The first-order chi connectivity index (χ1) is 9.17. The van der Waals surface area contributed by atoms with Crippen molar-refractivity contribution < 1.29 is 4.39 Å². The molecule has 2 nitrogen and oxygen atoms in total. The molecule has 0 spiro atoms. The van der Waals surface area contributed by atoms with Crippen LogP contribution in [0.1, 0.15) is 16.7 Å². The number of aromatic amines is 1. The fraction of sp³-hybridized carbons (Fsp3) is 0.214. The maximum Gasteiger partial charge on any atom is 0.178 e. The Bertz CT molecular complexity index is 782. The molecule has 0 radical (unpaired) electrons. The molecule has 1 aromatic carbocycles. The number of imidazole rings is 1. The van der Waals surface area contributed by atoms with Gasteiger partial charge in [-0.1, -0.05) is 6.92 Å². The summed E-state index contributed by atoms with van der Waals surface area (Å²) in [6.45, 7) is 2.83. The highest BCUT2D eigenvalue weighted by atomic mass is 32.1. The molecule has 0 aliphatic carbocycles. The molecule has 0 saturated heterocycles. The highest BCUT2D eigenvalue weighted by Crippen LogP contribution is 2.21. The van der Waals surface area contributed by atoms with Crippen molar-refractivity contribution in [3.63, 3.8) is 0 Å². The molecule has 2 aromatic heterocycles. The Morgan fingerprint density at radius 3 is 2.79 bits per heavy atom. The smallest absolute Gasteiger partial charge is 0.178 e. The minimum atomic E-state index is -0.240.